The van der Waals surface area contributed by atoms with Gasteiger partial charge >= 0.3 is 5.97 Å². The zero-order valence-corrected chi connectivity index (χ0v) is 12.0. The van der Waals surface area contributed by atoms with Crippen molar-refractivity contribution < 1.29 is 14.3 Å². The van der Waals surface area contributed by atoms with E-state index >= 15 is 0 Å². The fourth-order valence-corrected chi connectivity index (χ4v) is 2.52. The van der Waals surface area contributed by atoms with E-state index in [4.69, 9.17) is 9.47 Å². The van der Waals surface area contributed by atoms with Gasteiger partial charge in [0.25, 0.3) is 0 Å². The zero-order chi connectivity index (χ0) is 13.8. The highest BCUT2D eigenvalue weighted by Gasteiger charge is 2.11. The van der Waals surface area contributed by atoms with Crippen LogP contribution in [0.2, 0.25) is 0 Å². The molecule has 0 N–H and O–H groups in total. The first-order chi connectivity index (χ1) is 9.15. The molecule has 0 saturated heterocycles. The normalized spacial score (nSPS) is 10.7. The number of methoxy groups -OCH3 is 1. The minimum atomic E-state index is -0.225. The van der Waals surface area contributed by atoms with Crippen LogP contribution in [0.1, 0.15) is 6.92 Å². The Bertz CT molecular complexity index is 595. The van der Waals surface area contributed by atoms with Gasteiger partial charge in [0.1, 0.15) is 5.75 Å². The number of esters is 1. The van der Waals surface area contributed by atoms with Crippen molar-refractivity contribution in [3.05, 3.63) is 18.2 Å². The molecule has 0 fully saturated rings. The fraction of sp³-hybridized carbons (Fsp3) is 0.385. The Kier molecular flexibility index (Phi) is 4.31. The standard InChI is InChI=1S/C13H16N2O3S/c1-4-18-12(16)8-19-13-14-10-7-9(17-3)5-6-11(10)15(13)2/h5-7H,4,8H2,1-3H3. The quantitative estimate of drug-likeness (QED) is 0.621. The summed E-state index contributed by atoms with van der Waals surface area (Å²) in [7, 11) is 3.55. The number of carbonyl (C=O) groups excluding carboxylic acids is 1. The van der Waals surface area contributed by atoms with Crippen molar-refractivity contribution in [2.24, 2.45) is 7.05 Å². The van der Waals surface area contributed by atoms with Crippen LogP contribution in [0.15, 0.2) is 23.4 Å². The van der Waals surface area contributed by atoms with E-state index in [1.807, 2.05) is 29.8 Å². The lowest BCUT2D eigenvalue weighted by Gasteiger charge is -2.02. The van der Waals surface area contributed by atoms with Gasteiger partial charge in [0.15, 0.2) is 5.16 Å². The molecule has 0 aliphatic heterocycles. The number of rotatable bonds is 5. The largest absolute Gasteiger partial charge is 0.497 e. The first kappa shape index (κ1) is 13.7. The van der Waals surface area contributed by atoms with Crippen molar-refractivity contribution in [2.45, 2.75) is 12.1 Å². The SMILES string of the molecule is CCOC(=O)CSc1nc2cc(OC)ccc2n1C. The summed E-state index contributed by atoms with van der Waals surface area (Å²) in [5.41, 5.74) is 1.86. The predicted octanol–water partition coefficient (Wildman–Crippen LogP) is 2.24. The van der Waals surface area contributed by atoms with Crippen molar-refractivity contribution >= 4 is 28.8 Å². The maximum atomic E-state index is 11.3. The minimum absolute atomic E-state index is 0.225. The lowest BCUT2D eigenvalue weighted by Crippen LogP contribution is -2.07. The second-order valence-electron chi connectivity index (χ2n) is 3.90. The van der Waals surface area contributed by atoms with Gasteiger partial charge in [-0.1, -0.05) is 11.8 Å². The Morgan fingerprint density at radius 3 is 2.95 bits per heavy atom. The molecule has 1 aromatic carbocycles. The molecule has 5 nitrogen and oxygen atoms in total. The average Bonchev–Trinajstić information content (AvgIpc) is 2.73. The number of benzene rings is 1. The van der Waals surface area contributed by atoms with Gasteiger partial charge < -0.3 is 14.0 Å². The summed E-state index contributed by atoms with van der Waals surface area (Å²) in [6, 6.07) is 5.73. The molecule has 2 rings (SSSR count). The highest BCUT2D eigenvalue weighted by Crippen LogP contribution is 2.25. The van der Waals surface area contributed by atoms with Crippen LogP contribution in [0, 0.1) is 0 Å². The number of hydrogen-bond donors (Lipinski definition) is 0. The zero-order valence-electron chi connectivity index (χ0n) is 11.2. The van der Waals surface area contributed by atoms with Crippen LogP contribution < -0.4 is 4.74 Å². The van der Waals surface area contributed by atoms with Crippen LogP contribution in [0.4, 0.5) is 0 Å². The highest BCUT2D eigenvalue weighted by atomic mass is 32.2. The molecule has 6 heteroatoms. The van der Waals surface area contributed by atoms with Gasteiger partial charge in [0.05, 0.1) is 30.5 Å². The molecule has 0 aliphatic rings. The third-order valence-electron chi connectivity index (χ3n) is 2.67. The van der Waals surface area contributed by atoms with Gasteiger partial charge in [0, 0.05) is 13.1 Å². The van der Waals surface area contributed by atoms with Gasteiger partial charge in [-0.3, -0.25) is 4.79 Å². The van der Waals surface area contributed by atoms with Crippen LogP contribution in [0.3, 0.4) is 0 Å². The molecule has 0 radical (unpaired) electrons. The number of hydrogen-bond acceptors (Lipinski definition) is 5. The van der Waals surface area contributed by atoms with E-state index in [1.165, 1.54) is 11.8 Å². The number of carbonyl (C=O) groups is 1. The van der Waals surface area contributed by atoms with Gasteiger partial charge in [-0.15, -0.1) is 0 Å². The van der Waals surface area contributed by atoms with E-state index in [0.29, 0.717) is 6.61 Å². The van der Waals surface area contributed by atoms with Gasteiger partial charge in [-0.25, -0.2) is 4.98 Å². The molecule has 0 amide bonds. The number of fused-ring (bicyclic) bond motifs is 1. The number of thioether (sulfide) groups is 1. The third kappa shape index (κ3) is 3.01. The number of ether oxygens (including phenoxy) is 2. The molecule has 1 aromatic heterocycles. The maximum absolute atomic E-state index is 11.3. The van der Waals surface area contributed by atoms with Gasteiger partial charge in [0.2, 0.25) is 0 Å². The number of aromatic nitrogens is 2. The number of imidazole rings is 1. The lowest BCUT2D eigenvalue weighted by atomic mass is 10.3. The Hall–Kier alpha value is -1.69. The Morgan fingerprint density at radius 1 is 1.47 bits per heavy atom. The molecule has 0 saturated carbocycles. The van der Waals surface area contributed by atoms with E-state index in [0.717, 1.165) is 21.9 Å². The summed E-state index contributed by atoms with van der Waals surface area (Å²) in [4.78, 5) is 15.8. The molecule has 0 spiro atoms. The Labute approximate surface area is 115 Å². The summed E-state index contributed by atoms with van der Waals surface area (Å²) in [5.74, 6) is 0.812. The monoisotopic (exact) mass is 280 g/mol. The highest BCUT2D eigenvalue weighted by molar-refractivity contribution is 7.99. The molecule has 0 atom stereocenters. The molecule has 0 unspecified atom stereocenters. The topological polar surface area (TPSA) is 53.4 Å². The molecule has 2 aromatic rings. The molecule has 19 heavy (non-hydrogen) atoms. The van der Waals surface area contributed by atoms with Crippen molar-refractivity contribution in [3.63, 3.8) is 0 Å². The summed E-state index contributed by atoms with van der Waals surface area (Å²) < 4.78 is 12.0. The predicted molar refractivity (Wildman–Crippen MR) is 74.6 cm³/mol. The van der Waals surface area contributed by atoms with Crippen LogP contribution in [-0.4, -0.2) is 35.0 Å². The molecule has 0 aliphatic carbocycles. The second kappa shape index (κ2) is 5.97. The van der Waals surface area contributed by atoms with Crippen LogP contribution in [0.25, 0.3) is 11.0 Å². The first-order valence-corrected chi connectivity index (χ1v) is 6.93. The van der Waals surface area contributed by atoms with Crippen molar-refractivity contribution in [1.29, 1.82) is 0 Å². The number of nitrogens with zero attached hydrogens (tertiary/aromatic N) is 2. The van der Waals surface area contributed by atoms with Crippen molar-refractivity contribution in [1.82, 2.24) is 9.55 Å². The Balaban J connectivity index is 2.19. The van der Waals surface area contributed by atoms with Crippen LogP contribution in [0.5, 0.6) is 5.75 Å². The summed E-state index contributed by atoms with van der Waals surface area (Å²) >= 11 is 1.37. The van der Waals surface area contributed by atoms with E-state index in [2.05, 4.69) is 4.98 Å². The number of aryl methyl sites for hydroxylation is 1. The van der Waals surface area contributed by atoms with E-state index in [1.54, 1.807) is 14.0 Å². The molecular formula is C13H16N2O3S. The maximum Gasteiger partial charge on any atom is 0.316 e. The molecular weight excluding hydrogens is 264 g/mol. The molecule has 102 valence electrons. The molecule has 1 heterocycles. The van der Waals surface area contributed by atoms with Gasteiger partial charge in [-0.05, 0) is 19.1 Å². The van der Waals surface area contributed by atoms with E-state index in [-0.39, 0.29) is 11.7 Å². The summed E-state index contributed by atoms with van der Waals surface area (Å²) in [5, 5.41) is 0.788. The van der Waals surface area contributed by atoms with Crippen LogP contribution >= 0.6 is 11.8 Å². The Morgan fingerprint density at radius 2 is 2.26 bits per heavy atom. The smallest absolute Gasteiger partial charge is 0.316 e. The first-order valence-electron chi connectivity index (χ1n) is 5.94. The van der Waals surface area contributed by atoms with E-state index in [9.17, 15) is 4.79 Å². The third-order valence-corrected chi connectivity index (χ3v) is 3.67. The summed E-state index contributed by atoms with van der Waals surface area (Å²) in [6.07, 6.45) is 0. The van der Waals surface area contributed by atoms with Gasteiger partial charge in [-0.2, -0.15) is 0 Å². The second-order valence-corrected chi connectivity index (χ2v) is 4.84. The van der Waals surface area contributed by atoms with E-state index < -0.39 is 0 Å². The minimum Gasteiger partial charge on any atom is -0.497 e. The van der Waals surface area contributed by atoms with Crippen molar-refractivity contribution in [2.75, 3.05) is 19.5 Å². The van der Waals surface area contributed by atoms with Crippen molar-refractivity contribution in [3.8, 4) is 5.75 Å². The lowest BCUT2D eigenvalue weighted by molar-refractivity contribution is -0.139. The summed E-state index contributed by atoms with van der Waals surface area (Å²) in [6.45, 7) is 2.20. The average molecular weight is 280 g/mol. The molecule has 0 bridgehead atoms. The van der Waals surface area contributed by atoms with Crippen LogP contribution in [-0.2, 0) is 16.6 Å². The fourth-order valence-electron chi connectivity index (χ4n) is 1.74.